The predicted octanol–water partition coefficient (Wildman–Crippen LogP) is 4.94. The number of hydrogen-bond donors (Lipinski definition) is 0. The zero-order valence-electron chi connectivity index (χ0n) is 13.5. The molecular formula is C15H26BrNO2Si. The van der Waals surface area contributed by atoms with E-state index in [4.69, 9.17) is 9.16 Å². The van der Waals surface area contributed by atoms with Gasteiger partial charge in [0, 0.05) is 7.11 Å². The quantitative estimate of drug-likeness (QED) is 0.550. The first-order valence-corrected chi connectivity index (χ1v) is 10.6. The minimum absolute atomic E-state index is 0.0362. The summed E-state index contributed by atoms with van der Waals surface area (Å²) in [4.78, 5) is 4.54. The fraction of sp³-hybridized carbons (Fsp3) is 0.667. The van der Waals surface area contributed by atoms with E-state index in [2.05, 4.69) is 54.8 Å². The van der Waals surface area contributed by atoms with Crippen LogP contribution < -0.4 is 0 Å². The third kappa shape index (κ3) is 4.38. The van der Waals surface area contributed by atoms with Gasteiger partial charge in [-0.15, -0.1) is 0 Å². The third-order valence-corrected chi connectivity index (χ3v) is 8.95. The van der Waals surface area contributed by atoms with Crippen LogP contribution in [0.15, 0.2) is 22.8 Å². The maximum Gasteiger partial charge on any atom is 0.193 e. The first-order valence-electron chi connectivity index (χ1n) is 6.91. The minimum atomic E-state index is -1.88. The highest BCUT2D eigenvalue weighted by Gasteiger charge is 2.41. The second-order valence-corrected chi connectivity index (χ2v) is 12.2. The van der Waals surface area contributed by atoms with Crippen LogP contribution in [0.3, 0.4) is 0 Å². The Balaban J connectivity index is 3.09. The number of halogens is 1. The predicted molar refractivity (Wildman–Crippen MR) is 89.4 cm³/mol. The van der Waals surface area contributed by atoms with Crippen LogP contribution in [0.4, 0.5) is 0 Å². The summed E-state index contributed by atoms with van der Waals surface area (Å²) in [6.07, 6.45) is -0.177. The van der Waals surface area contributed by atoms with E-state index in [0.29, 0.717) is 0 Å². The van der Waals surface area contributed by atoms with Crippen LogP contribution in [0.25, 0.3) is 0 Å². The molecule has 5 heteroatoms. The van der Waals surface area contributed by atoms with Crippen LogP contribution in [-0.2, 0) is 9.16 Å². The molecule has 3 nitrogen and oxygen atoms in total. The van der Waals surface area contributed by atoms with E-state index in [0.717, 1.165) is 10.3 Å². The van der Waals surface area contributed by atoms with Crippen LogP contribution in [0.1, 0.15) is 39.5 Å². The molecule has 0 aliphatic carbocycles. The van der Waals surface area contributed by atoms with Crippen molar-refractivity contribution >= 4 is 24.2 Å². The molecular weight excluding hydrogens is 334 g/mol. The molecule has 0 amide bonds. The summed E-state index contributed by atoms with van der Waals surface area (Å²) in [5.74, 6) is 0. The molecule has 0 aliphatic rings. The molecule has 0 saturated carbocycles. The van der Waals surface area contributed by atoms with Crippen molar-refractivity contribution in [2.45, 2.75) is 58.0 Å². The molecule has 1 heterocycles. The van der Waals surface area contributed by atoms with E-state index in [9.17, 15) is 0 Å². The Kier molecular flexibility index (Phi) is 5.96. The fourth-order valence-corrected chi connectivity index (χ4v) is 3.26. The van der Waals surface area contributed by atoms with Crippen LogP contribution in [-0.4, -0.2) is 26.5 Å². The Morgan fingerprint density at radius 1 is 1.25 bits per heavy atom. The van der Waals surface area contributed by atoms with Crippen molar-refractivity contribution in [1.29, 1.82) is 0 Å². The number of ether oxygens (including phenoxy) is 1. The third-order valence-electron chi connectivity index (χ3n) is 4.05. The van der Waals surface area contributed by atoms with Crippen LogP contribution in [0.2, 0.25) is 18.1 Å². The number of rotatable bonds is 5. The van der Waals surface area contributed by atoms with Crippen LogP contribution >= 0.6 is 15.9 Å². The summed E-state index contributed by atoms with van der Waals surface area (Å²) in [5, 5.41) is 0.157. The molecule has 0 N–H and O–H groups in total. The molecule has 0 aliphatic heterocycles. The van der Waals surface area contributed by atoms with Crippen molar-refractivity contribution < 1.29 is 9.16 Å². The van der Waals surface area contributed by atoms with Gasteiger partial charge in [-0.1, -0.05) is 26.8 Å². The lowest BCUT2D eigenvalue weighted by Gasteiger charge is -2.40. The maximum atomic E-state index is 6.53. The number of hydrogen-bond acceptors (Lipinski definition) is 3. The Morgan fingerprint density at radius 3 is 2.30 bits per heavy atom. The van der Waals surface area contributed by atoms with Gasteiger partial charge in [0.25, 0.3) is 0 Å². The second kappa shape index (κ2) is 6.69. The molecule has 0 aromatic carbocycles. The molecule has 1 aromatic heterocycles. The van der Waals surface area contributed by atoms with Gasteiger partial charge in [-0.3, -0.25) is 0 Å². The van der Waals surface area contributed by atoms with Gasteiger partial charge >= 0.3 is 0 Å². The molecule has 1 aromatic rings. The van der Waals surface area contributed by atoms with Crippen molar-refractivity contribution in [1.82, 2.24) is 4.98 Å². The molecule has 20 heavy (non-hydrogen) atoms. The van der Waals surface area contributed by atoms with Crippen molar-refractivity contribution in [3.8, 4) is 0 Å². The maximum absolute atomic E-state index is 6.53. The van der Waals surface area contributed by atoms with Crippen molar-refractivity contribution in [2.75, 3.05) is 7.11 Å². The second-order valence-electron chi connectivity index (χ2n) is 6.62. The molecule has 0 unspecified atom stereocenters. The molecule has 0 saturated heterocycles. The van der Waals surface area contributed by atoms with Crippen molar-refractivity contribution in [3.63, 3.8) is 0 Å². The SMILES string of the molecule is CO[C@@H](C)[C@@H](O[Si](C)(C)C(C)(C)C)c1cccc(Br)n1. The Morgan fingerprint density at radius 2 is 1.85 bits per heavy atom. The number of methoxy groups -OCH3 is 1. The normalized spacial score (nSPS) is 16.0. The van der Waals surface area contributed by atoms with Crippen molar-refractivity contribution in [2.24, 2.45) is 0 Å². The van der Waals surface area contributed by atoms with Crippen molar-refractivity contribution in [3.05, 3.63) is 28.5 Å². The van der Waals surface area contributed by atoms with Gasteiger partial charge in [-0.2, -0.15) is 0 Å². The molecule has 0 fully saturated rings. The zero-order valence-corrected chi connectivity index (χ0v) is 16.1. The number of nitrogens with zero attached hydrogens (tertiary/aromatic N) is 1. The Labute approximate surface area is 132 Å². The highest BCUT2D eigenvalue weighted by Crippen LogP contribution is 2.40. The first-order chi connectivity index (χ1) is 9.08. The highest BCUT2D eigenvalue weighted by molar-refractivity contribution is 9.10. The Hall–Kier alpha value is -0.233. The van der Waals surface area contributed by atoms with Gasteiger partial charge in [0.1, 0.15) is 10.7 Å². The van der Waals surface area contributed by atoms with Crippen LogP contribution in [0.5, 0.6) is 0 Å². The number of aromatic nitrogens is 1. The summed E-state index contributed by atoms with van der Waals surface area (Å²) in [7, 11) is -0.170. The lowest BCUT2D eigenvalue weighted by molar-refractivity contribution is 0.00340. The first kappa shape index (κ1) is 17.8. The highest BCUT2D eigenvalue weighted by atomic mass is 79.9. The smallest absolute Gasteiger partial charge is 0.193 e. The van der Waals surface area contributed by atoms with E-state index in [1.165, 1.54) is 0 Å². The van der Waals surface area contributed by atoms with E-state index in [1.807, 2.05) is 25.1 Å². The Bertz CT molecular complexity index is 446. The number of pyridine rings is 1. The van der Waals surface area contributed by atoms with Gasteiger partial charge in [-0.05, 0) is 53.1 Å². The zero-order chi connectivity index (χ0) is 15.6. The topological polar surface area (TPSA) is 31.4 Å². The lowest BCUT2D eigenvalue weighted by Crippen LogP contribution is -2.44. The van der Waals surface area contributed by atoms with E-state index in [1.54, 1.807) is 7.11 Å². The van der Waals surface area contributed by atoms with Gasteiger partial charge in [0.15, 0.2) is 8.32 Å². The lowest BCUT2D eigenvalue weighted by atomic mass is 10.1. The summed E-state index contributed by atoms with van der Waals surface area (Å²) in [6, 6.07) is 5.90. The van der Waals surface area contributed by atoms with E-state index >= 15 is 0 Å². The summed E-state index contributed by atoms with van der Waals surface area (Å²) < 4.78 is 12.9. The van der Waals surface area contributed by atoms with Gasteiger partial charge in [-0.25, -0.2) is 4.98 Å². The summed E-state index contributed by atoms with van der Waals surface area (Å²) in [5.41, 5.74) is 0.915. The average molecular weight is 360 g/mol. The summed E-state index contributed by atoms with van der Waals surface area (Å²) in [6.45, 7) is 13.2. The summed E-state index contributed by atoms with van der Waals surface area (Å²) >= 11 is 3.42. The van der Waals surface area contributed by atoms with E-state index < -0.39 is 8.32 Å². The van der Waals surface area contributed by atoms with Crippen LogP contribution in [0, 0.1) is 0 Å². The minimum Gasteiger partial charge on any atom is -0.406 e. The van der Waals surface area contributed by atoms with Gasteiger partial charge in [0.05, 0.1) is 11.8 Å². The average Bonchev–Trinajstić information content (AvgIpc) is 2.33. The molecule has 1 rings (SSSR count). The van der Waals surface area contributed by atoms with Gasteiger partial charge in [0.2, 0.25) is 0 Å². The standard InChI is InChI=1S/C15H26BrNO2Si/c1-11(18-5)14(12-9-8-10-13(16)17-12)19-20(6,7)15(2,3)4/h8-11,14H,1-7H3/t11-,14+/m0/s1. The largest absolute Gasteiger partial charge is 0.406 e. The monoisotopic (exact) mass is 359 g/mol. The molecule has 0 bridgehead atoms. The fourth-order valence-electron chi connectivity index (χ4n) is 1.60. The molecule has 2 atom stereocenters. The molecule has 0 radical (unpaired) electrons. The van der Waals surface area contributed by atoms with E-state index in [-0.39, 0.29) is 17.2 Å². The molecule has 114 valence electrons. The van der Waals surface area contributed by atoms with Gasteiger partial charge < -0.3 is 9.16 Å². The molecule has 0 spiro atoms.